The minimum Gasteiger partial charge on any atom is -0.490 e. The van der Waals surface area contributed by atoms with Crippen LogP contribution in [0.25, 0.3) is 11.3 Å². The van der Waals surface area contributed by atoms with Crippen LogP contribution in [0.3, 0.4) is 0 Å². The van der Waals surface area contributed by atoms with Crippen LogP contribution in [-0.4, -0.2) is 24.1 Å². The first kappa shape index (κ1) is 18.4. The maximum absolute atomic E-state index is 12.3. The van der Waals surface area contributed by atoms with E-state index in [2.05, 4.69) is 10.3 Å². The summed E-state index contributed by atoms with van der Waals surface area (Å²) < 4.78 is 17.0. The highest BCUT2D eigenvalue weighted by atomic mass is 35.5. The van der Waals surface area contributed by atoms with Gasteiger partial charge in [0.05, 0.1) is 24.4 Å². The van der Waals surface area contributed by atoms with E-state index in [1.54, 1.807) is 30.5 Å². The molecule has 144 valence electrons. The topological polar surface area (TPSA) is 73.6 Å². The van der Waals surface area contributed by atoms with E-state index in [0.29, 0.717) is 53.5 Å². The predicted octanol–water partition coefficient (Wildman–Crippen LogP) is 4.73. The molecule has 1 aromatic heterocycles. The second-order valence-electron chi connectivity index (χ2n) is 6.36. The van der Waals surface area contributed by atoms with Gasteiger partial charge in [-0.3, -0.25) is 4.79 Å². The summed E-state index contributed by atoms with van der Waals surface area (Å²) in [5.74, 6) is 2.29. The summed E-state index contributed by atoms with van der Waals surface area (Å²) in [5, 5.41) is 3.46. The molecule has 28 heavy (non-hydrogen) atoms. The molecule has 0 spiro atoms. The Morgan fingerprint density at radius 3 is 2.79 bits per heavy atom. The molecule has 0 atom stereocenters. The number of hydrogen-bond acceptors (Lipinski definition) is 5. The normalized spacial score (nSPS) is 13.0. The van der Waals surface area contributed by atoms with Gasteiger partial charge in [0.25, 0.3) is 0 Å². The lowest BCUT2D eigenvalue weighted by Gasteiger charge is -2.10. The number of carbonyl (C=O) groups excluding carboxylic acids is 1. The average Bonchev–Trinajstić information content (AvgIpc) is 3.04. The molecule has 0 radical (unpaired) electrons. The Balaban J connectivity index is 1.35. The van der Waals surface area contributed by atoms with Crippen molar-refractivity contribution in [2.45, 2.75) is 19.3 Å². The van der Waals surface area contributed by atoms with Crippen LogP contribution in [-0.2, 0) is 11.2 Å². The van der Waals surface area contributed by atoms with Crippen LogP contribution in [0.5, 0.6) is 11.5 Å². The van der Waals surface area contributed by atoms with Gasteiger partial charge in [-0.15, -0.1) is 0 Å². The van der Waals surface area contributed by atoms with Gasteiger partial charge in [0.2, 0.25) is 5.91 Å². The second kappa shape index (κ2) is 8.35. The standard InChI is InChI=1S/C21H19ClN2O4/c22-16-5-2-1-4-15(16)19-13-23-21(28-19)9-8-20(25)24-14-6-7-17-18(12-14)27-11-3-10-26-17/h1-2,4-7,12-13H,3,8-11H2,(H,24,25). The molecule has 0 saturated carbocycles. The molecule has 1 aliphatic heterocycles. The molecule has 3 aromatic rings. The molecule has 7 heteroatoms. The lowest BCUT2D eigenvalue weighted by atomic mass is 10.2. The van der Waals surface area contributed by atoms with E-state index < -0.39 is 0 Å². The van der Waals surface area contributed by atoms with Crippen molar-refractivity contribution in [3.8, 4) is 22.8 Å². The number of oxazole rings is 1. The third-order valence-corrected chi connectivity index (χ3v) is 4.62. The monoisotopic (exact) mass is 398 g/mol. The summed E-state index contributed by atoms with van der Waals surface area (Å²) in [6, 6.07) is 12.8. The second-order valence-corrected chi connectivity index (χ2v) is 6.77. The first-order chi connectivity index (χ1) is 13.7. The van der Waals surface area contributed by atoms with Gasteiger partial charge in [-0.05, 0) is 24.3 Å². The Hall–Kier alpha value is -2.99. The van der Waals surface area contributed by atoms with Crippen LogP contribution in [0, 0.1) is 0 Å². The fraction of sp³-hybridized carbons (Fsp3) is 0.238. The van der Waals surface area contributed by atoms with Gasteiger partial charge >= 0.3 is 0 Å². The van der Waals surface area contributed by atoms with Crippen LogP contribution in [0.15, 0.2) is 53.1 Å². The number of hydrogen-bond donors (Lipinski definition) is 1. The summed E-state index contributed by atoms with van der Waals surface area (Å²) >= 11 is 6.18. The van der Waals surface area contributed by atoms with E-state index in [0.717, 1.165) is 12.0 Å². The molecule has 2 heterocycles. The molecule has 2 aromatic carbocycles. The molecule has 1 amide bonds. The fourth-order valence-electron chi connectivity index (χ4n) is 2.90. The highest BCUT2D eigenvalue weighted by Gasteiger charge is 2.13. The number of benzene rings is 2. The molecular weight excluding hydrogens is 380 g/mol. The van der Waals surface area contributed by atoms with Crippen molar-refractivity contribution in [2.75, 3.05) is 18.5 Å². The molecule has 0 bridgehead atoms. The van der Waals surface area contributed by atoms with Crippen molar-refractivity contribution in [1.29, 1.82) is 0 Å². The lowest BCUT2D eigenvalue weighted by molar-refractivity contribution is -0.116. The number of ether oxygens (including phenoxy) is 2. The number of amides is 1. The van der Waals surface area contributed by atoms with E-state index in [4.69, 9.17) is 25.5 Å². The maximum Gasteiger partial charge on any atom is 0.224 e. The Morgan fingerprint density at radius 1 is 1.11 bits per heavy atom. The number of carbonyl (C=O) groups is 1. The SMILES string of the molecule is O=C(CCc1ncc(-c2ccccc2Cl)o1)Nc1ccc2c(c1)OCCCO2. The number of aryl methyl sites for hydroxylation is 1. The van der Waals surface area contributed by atoms with Gasteiger partial charge in [-0.1, -0.05) is 23.7 Å². The van der Waals surface area contributed by atoms with Gasteiger partial charge in [-0.2, -0.15) is 0 Å². The van der Waals surface area contributed by atoms with E-state index in [-0.39, 0.29) is 12.3 Å². The molecular formula is C21H19ClN2O4. The van der Waals surface area contributed by atoms with E-state index in [9.17, 15) is 4.79 Å². The van der Waals surface area contributed by atoms with Crippen molar-refractivity contribution in [3.05, 3.63) is 59.6 Å². The average molecular weight is 399 g/mol. The smallest absolute Gasteiger partial charge is 0.224 e. The highest BCUT2D eigenvalue weighted by molar-refractivity contribution is 6.33. The Labute approximate surface area is 167 Å². The number of anilines is 1. The van der Waals surface area contributed by atoms with Crippen LogP contribution in [0.2, 0.25) is 5.02 Å². The molecule has 0 fully saturated rings. The van der Waals surface area contributed by atoms with E-state index in [1.165, 1.54) is 0 Å². The number of nitrogens with zero attached hydrogens (tertiary/aromatic N) is 1. The van der Waals surface area contributed by atoms with Crippen molar-refractivity contribution < 1.29 is 18.7 Å². The summed E-state index contributed by atoms with van der Waals surface area (Å²) in [7, 11) is 0. The van der Waals surface area contributed by atoms with Crippen LogP contribution >= 0.6 is 11.6 Å². The first-order valence-corrected chi connectivity index (χ1v) is 9.46. The molecule has 1 aliphatic rings. The number of nitrogens with one attached hydrogen (secondary N) is 1. The maximum atomic E-state index is 12.3. The minimum atomic E-state index is -0.132. The van der Waals surface area contributed by atoms with Crippen molar-refractivity contribution in [3.63, 3.8) is 0 Å². The van der Waals surface area contributed by atoms with E-state index >= 15 is 0 Å². The highest BCUT2D eigenvalue weighted by Crippen LogP contribution is 2.32. The predicted molar refractivity (Wildman–Crippen MR) is 106 cm³/mol. The van der Waals surface area contributed by atoms with Gasteiger partial charge in [0, 0.05) is 36.6 Å². The van der Waals surface area contributed by atoms with Crippen LogP contribution in [0.4, 0.5) is 5.69 Å². The number of fused-ring (bicyclic) bond motifs is 1. The lowest BCUT2D eigenvalue weighted by Crippen LogP contribution is -2.12. The third-order valence-electron chi connectivity index (χ3n) is 4.29. The summed E-state index contributed by atoms with van der Waals surface area (Å²) in [5.41, 5.74) is 1.44. The first-order valence-electron chi connectivity index (χ1n) is 9.08. The van der Waals surface area contributed by atoms with E-state index in [1.807, 2.05) is 18.2 Å². The van der Waals surface area contributed by atoms with Crippen molar-refractivity contribution in [2.24, 2.45) is 0 Å². The van der Waals surface area contributed by atoms with Gasteiger partial charge in [0.15, 0.2) is 23.1 Å². The van der Waals surface area contributed by atoms with Gasteiger partial charge in [-0.25, -0.2) is 4.98 Å². The summed E-state index contributed by atoms with van der Waals surface area (Å²) in [6.07, 6.45) is 3.10. The zero-order valence-corrected chi connectivity index (χ0v) is 15.9. The third kappa shape index (κ3) is 4.28. The molecule has 0 saturated heterocycles. The van der Waals surface area contributed by atoms with Crippen molar-refractivity contribution in [1.82, 2.24) is 4.98 Å². The molecule has 0 aliphatic carbocycles. The van der Waals surface area contributed by atoms with Crippen LogP contribution < -0.4 is 14.8 Å². The Morgan fingerprint density at radius 2 is 1.93 bits per heavy atom. The number of aromatic nitrogens is 1. The largest absolute Gasteiger partial charge is 0.490 e. The van der Waals surface area contributed by atoms with Crippen LogP contribution in [0.1, 0.15) is 18.7 Å². The Kier molecular flexibility index (Phi) is 5.48. The van der Waals surface area contributed by atoms with Crippen molar-refractivity contribution >= 4 is 23.2 Å². The van der Waals surface area contributed by atoms with Gasteiger partial charge in [0.1, 0.15) is 0 Å². The summed E-state index contributed by atoms with van der Waals surface area (Å²) in [4.78, 5) is 16.5. The summed E-state index contributed by atoms with van der Waals surface area (Å²) in [6.45, 7) is 1.23. The fourth-order valence-corrected chi connectivity index (χ4v) is 3.13. The Bertz CT molecular complexity index is 986. The zero-order valence-electron chi connectivity index (χ0n) is 15.1. The zero-order chi connectivity index (χ0) is 19.3. The quantitative estimate of drug-likeness (QED) is 0.672. The minimum absolute atomic E-state index is 0.132. The molecule has 0 unspecified atom stereocenters. The molecule has 1 N–H and O–H groups in total. The molecule has 4 rings (SSSR count). The van der Waals surface area contributed by atoms with Gasteiger partial charge < -0.3 is 19.2 Å². The number of rotatable bonds is 5. The molecule has 6 nitrogen and oxygen atoms in total. The number of halogens is 1.